The summed E-state index contributed by atoms with van der Waals surface area (Å²) in [5.74, 6) is -0.515. The smallest absolute Gasteiger partial charge is 0.238 e. The fourth-order valence-electron chi connectivity index (χ4n) is 0.521. The third-order valence-corrected chi connectivity index (χ3v) is 1.27. The summed E-state index contributed by atoms with van der Waals surface area (Å²) in [6, 6.07) is 0.0966. The Morgan fingerprint density at radius 2 is 2.33 bits per heavy atom. The number of carbonyl (C=O) groups is 1. The molecule has 0 spiro atoms. The molecule has 0 bridgehead atoms. The molecule has 0 rings (SSSR count). The zero-order chi connectivity index (χ0) is 7.28. The van der Waals surface area contributed by atoms with Gasteiger partial charge in [0.25, 0.3) is 0 Å². The summed E-state index contributed by atoms with van der Waals surface area (Å²) in [6.45, 7) is 1.97. The Labute approximate surface area is 55.4 Å². The maximum absolute atomic E-state index is 10.1. The molecule has 0 aromatic heterocycles. The lowest BCUT2D eigenvalue weighted by atomic mass is 10.1. The summed E-state index contributed by atoms with van der Waals surface area (Å²) in [5, 5.41) is 0. The van der Waals surface area contributed by atoms with Crippen LogP contribution in [0.2, 0.25) is 0 Å². The Balaban J connectivity index is 3.16. The molecule has 9 heavy (non-hydrogen) atoms. The van der Waals surface area contributed by atoms with Crippen molar-refractivity contribution in [3.63, 3.8) is 0 Å². The van der Waals surface area contributed by atoms with Gasteiger partial charge >= 0.3 is 0 Å². The van der Waals surface area contributed by atoms with Gasteiger partial charge in [0.15, 0.2) is 0 Å². The van der Waals surface area contributed by atoms with Crippen LogP contribution in [0, 0.1) is 0 Å². The average Bonchev–Trinajstić information content (AvgIpc) is 1.83. The molecule has 1 amide bonds. The van der Waals surface area contributed by atoms with Gasteiger partial charge < -0.3 is 5.73 Å². The summed E-state index contributed by atoms with van der Waals surface area (Å²) in [7, 11) is 0. The Morgan fingerprint density at radius 3 is 2.67 bits per heavy atom. The maximum atomic E-state index is 10.1. The second-order valence-corrected chi connectivity index (χ2v) is 2.13. The fraction of sp³-hybridized carbons (Fsp3) is 0.833. The summed E-state index contributed by atoms with van der Waals surface area (Å²) in [5.41, 5.74) is 12.0. The molecule has 3 heteroatoms. The highest BCUT2D eigenvalue weighted by Crippen LogP contribution is 1.96. The number of nitrogens with two attached hydrogens (primary N) is 1. The van der Waals surface area contributed by atoms with E-state index in [0.717, 1.165) is 6.42 Å². The number of hydrogen-bond acceptors (Lipinski definition) is 2. The van der Waals surface area contributed by atoms with Crippen molar-refractivity contribution in [1.29, 1.82) is 0 Å². The van der Waals surface area contributed by atoms with Crippen LogP contribution in [0.3, 0.4) is 0 Å². The first-order chi connectivity index (χ1) is 4.16. The minimum Gasteiger partial charge on any atom is -0.328 e. The van der Waals surface area contributed by atoms with Crippen LogP contribution in [0.25, 0.3) is 0 Å². The molecule has 0 saturated carbocycles. The molecule has 1 unspecified atom stereocenters. The van der Waals surface area contributed by atoms with Crippen molar-refractivity contribution in [2.45, 2.75) is 32.2 Å². The van der Waals surface area contributed by atoms with Crippen molar-refractivity contribution in [2.24, 2.45) is 5.73 Å². The molecule has 0 heterocycles. The molecular formula is C6H13N2O. The van der Waals surface area contributed by atoms with E-state index in [0.29, 0.717) is 12.8 Å². The van der Waals surface area contributed by atoms with E-state index in [9.17, 15) is 4.79 Å². The fourth-order valence-corrected chi connectivity index (χ4v) is 0.521. The molecule has 0 saturated heterocycles. The van der Waals surface area contributed by atoms with Gasteiger partial charge in [-0.1, -0.05) is 6.92 Å². The molecule has 3 nitrogen and oxygen atoms in total. The van der Waals surface area contributed by atoms with E-state index in [1.54, 1.807) is 0 Å². The van der Waals surface area contributed by atoms with Crippen LogP contribution in [-0.4, -0.2) is 11.9 Å². The number of carbonyl (C=O) groups excluding carboxylic acids is 1. The summed E-state index contributed by atoms with van der Waals surface area (Å²) in [4.78, 5) is 10.1. The van der Waals surface area contributed by atoms with Crippen molar-refractivity contribution < 1.29 is 4.79 Å². The molecule has 1 radical (unpaired) electrons. The van der Waals surface area contributed by atoms with Gasteiger partial charge in [-0.3, -0.25) is 10.5 Å². The van der Waals surface area contributed by atoms with Crippen molar-refractivity contribution in [1.82, 2.24) is 5.73 Å². The Morgan fingerprint density at radius 1 is 1.78 bits per heavy atom. The Hall–Kier alpha value is -0.570. The van der Waals surface area contributed by atoms with Gasteiger partial charge in [-0.2, -0.15) is 0 Å². The third-order valence-electron chi connectivity index (χ3n) is 1.27. The summed E-state index contributed by atoms with van der Waals surface area (Å²) >= 11 is 0. The van der Waals surface area contributed by atoms with Crippen LogP contribution in [0.5, 0.6) is 0 Å². The molecule has 0 aromatic carbocycles. The Kier molecular flexibility index (Phi) is 4.05. The quantitative estimate of drug-likeness (QED) is 0.593. The lowest BCUT2D eigenvalue weighted by Crippen LogP contribution is -2.19. The van der Waals surface area contributed by atoms with Crippen LogP contribution in [0.4, 0.5) is 0 Å². The largest absolute Gasteiger partial charge is 0.328 e. The van der Waals surface area contributed by atoms with E-state index in [2.05, 4.69) is 0 Å². The van der Waals surface area contributed by atoms with E-state index in [-0.39, 0.29) is 6.04 Å². The third kappa shape index (κ3) is 5.30. The second-order valence-electron chi connectivity index (χ2n) is 2.13. The van der Waals surface area contributed by atoms with Gasteiger partial charge in [-0.25, -0.2) is 0 Å². The topological polar surface area (TPSA) is 66.9 Å². The van der Waals surface area contributed by atoms with Gasteiger partial charge in [0.1, 0.15) is 0 Å². The maximum Gasteiger partial charge on any atom is 0.238 e. The first-order valence-corrected chi connectivity index (χ1v) is 3.16. The van der Waals surface area contributed by atoms with Crippen LogP contribution in [0.1, 0.15) is 26.2 Å². The molecule has 0 aliphatic heterocycles. The number of rotatable bonds is 4. The predicted octanol–water partition coefficient (Wildman–Crippen LogP) is 0.313. The first-order valence-electron chi connectivity index (χ1n) is 3.16. The van der Waals surface area contributed by atoms with Crippen LogP contribution in [0.15, 0.2) is 0 Å². The zero-order valence-electron chi connectivity index (χ0n) is 5.68. The SMILES string of the molecule is CCC(N)CCC([NH])=O. The van der Waals surface area contributed by atoms with E-state index in [1.807, 2.05) is 6.92 Å². The van der Waals surface area contributed by atoms with Crippen molar-refractivity contribution in [3.8, 4) is 0 Å². The molecule has 0 aromatic rings. The first kappa shape index (κ1) is 8.43. The predicted molar refractivity (Wildman–Crippen MR) is 35.6 cm³/mol. The van der Waals surface area contributed by atoms with E-state index >= 15 is 0 Å². The van der Waals surface area contributed by atoms with Gasteiger partial charge in [-0.05, 0) is 12.8 Å². The molecule has 53 valence electrons. The minimum atomic E-state index is -0.515. The molecular weight excluding hydrogens is 116 g/mol. The van der Waals surface area contributed by atoms with Crippen LogP contribution < -0.4 is 11.5 Å². The van der Waals surface area contributed by atoms with Crippen molar-refractivity contribution in [3.05, 3.63) is 0 Å². The zero-order valence-corrected chi connectivity index (χ0v) is 5.68. The lowest BCUT2D eigenvalue weighted by molar-refractivity contribution is -0.118. The van der Waals surface area contributed by atoms with Crippen molar-refractivity contribution >= 4 is 5.91 Å². The van der Waals surface area contributed by atoms with Gasteiger partial charge in [0, 0.05) is 12.5 Å². The molecule has 0 aliphatic rings. The number of hydrogen-bond donors (Lipinski definition) is 1. The monoisotopic (exact) mass is 129 g/mol. The molecule has 3 N–H and O–H groups in total. The highest BCUT2D eigenvalue weighted by molar-refractivity contribution is 5.72. The van der Waals surface area contributed by atoms with E-state index in [1.165, 1.54) is 0 Å². The minimum absolute atomic E-state index is 0.0966. The Bertz CT molecular complexity index is 93.1. The highest BCUT2D eigenvalue weighted by Gasteiger charge is 2.00. The van der Waals surface area contributed by atoms with Gasteiger partial charge in [0.2, 0.25) is 5.91 Å². The number of amides is 1. The van der Waals surface area contributed by atoms with E-state index in [4.69, 9.17) is 11.5 Å². The summed E-state index contributed by atoms with van der Waals surface area (Å²) in [6.07, 6.45) is 1.83. The second kappa shape index (κ2) is 4.32. The van der Waals surface area contributed by atoms with Gasteiger partial charge in [-0.15, -0.1) is 0 Å². The normalized spacial score (nSPS) is 13.1. The average molecular weight is 129 g/mol. The van der Waals surface area contributed by atoms with Crippen LogP contribution >= 0.6 is 0 Å². The van der Waals surface area contributed by atoms with Gasteiger partial charge in [0.05, 0.1) is 0 Å². The molecule has 0 fully saturated rings. The van der Waals surface area contributed by atoms with E-state index < -0.39 is 5.91 Å². The molecule has 0 aliphatic carbocycles. The number of nitrogens with one attached hydrogen (secondary N) is 1. The summed E-state index contributed by atoms with van der Waals surface area (Å²) < 4.78 is 0. The molecule has 1 atom stereocenters. The highest BCUT2D eigenvalue weighted by atomic mass is 16.1. The lowest BCUT2D eigenvalue weighted by Gasteiger charge is -2.04. The standard InChI is InChI=1S/C6H13N2O/c1-2-5(7)3-4-6(8)9/h5,8H,2-4,7H2,1H3. The van der Waals surface area contributed by atoms with Crippen molar-refractivity contribution in [2.75, 3.05) is 0 Å². The van der Waals surface area contributed by atoms with Crippen LogP contribution in [-0.2, 0) is 4.79 Å².